The van der Waals surface area contributed by atoms with Crippen LogP contribution in [0.3, 0.4) is 0 Å². The number of esters is 1. The number of benzene rings is 1. The number of hydrogen-bond donors (Lipinski definition) is 1. The van der Waals surface area contributed by atoms with Gasteiger partial charge in [-0.05, 0) is 66.9 Å². The maximum absolute atomic E-state index is 12.2. The highest BCUT2D eigenvalue weighted by atomic mass is 32.2. The molecule has 1 unspecified atom stereocenters. The van der Waals surface area contributed by atoms with Crippen LogP contribution in [0.1, 0.15) is 17.5 Å². The van der Waals surface area contributed by atoms with E-state index in [1.54, 1.807) is 6.08 Å². The van der Waals surface area contributed by atoms with Crippen LogP contribution in [-0.4, -0.2) is 24.2 Å². The van der Waals surface area contributed by atoms with E-state index in [0.29, 0.717) is 16.5 Å². The van der Waals surface area contributed by atoms with Crippen molar-refractivity contribution in [2.45, 2.75) is 20.3 Å². The van der Waals surface area contributed by atoms with Gasteiger partial charge < -0.3 is 10.1 Å². The van der Waals surface area contributed by atoms with Crippen LogP contribution in [0.15, 0.2) is 58.0 Å². The Morgan fingerprint density at radius 1 is 1.35 bits per heavy atom. The van der Waals surface area contributed by atoms with E-state index in [1.165, 1.54) is 24.4 Å². The molecule has 5 nitrogen and oxygen atoms in total. The zero-order valence-corrected chi connectivity index (χ0v) is 15.7. The molecule has 2 aliphatic rings. The lowest BCUT2D eigenvalue weighted by molar-refractivity contribution is -0.143. The molecule has 1 N–H and O–H groups in total. The Hall–Kier alpha value is -2.60. The molecule has 1 heterocycles. The van der Waals surface area contributed by atoms with Gasteiger partial charge in [-0.25, -0.2) is 4.99 Å². The first-order chi connectivity index (χ1) is 12.5. The Balaban J connectivity index is 1.72. The summed E-state index contributed by atoms with van der Waals surface area (Å²) in [6.45, 7) is 4.09. The van der Waals surface area contributed by atoms with Gasteiger partial charge in [-0.15, -0.1) is 0 Å². The molecule has 3 rings (SSSR count). The molecule has 0 aromatic heterocycles. The fourth-order valence-corrected chi connectivity index (χ4v) is 3.46. The molecule has 0 spiro atoms. The highest BCUT2D eigenvalue weighted by Gasteiger charge is 2.24. The van der Waals surface area contributed by atoms with E-state index < -0.39 is 0 Å². The molecular formula is C20H20N2O3S. The van der Waals surface area contributed by atoms with Gasteiger partial charge >= 0.3 is 5.97 Å². The first kappa shape index (κ1) is 18.2. The van der Waals surface area contributed by atoms with Crippen molar-refractivity contribution in [3.05, 3.63) is 64.1 Å². The number of amidine groups is 1. The molecule has 1 atom stereocenters. The summed E-state index contributed by atoms with van der Waals surface area (Å²) in [7, 11) is 1.38. The van der Waals surface area contributed by atoms with Crippen LogP contribution in [0, 0.1) is 19.8 Å². The summed E-state index contributed by atoms with van der Waals surface area (Å²) in [5.74, 6) is -0.670. The normalized spacial score (nSPS) is 22.5. The van der Waals surface area contributed by atoms with Crippen LogP contribution in [0.4, 0.5) is 5.69 Å². The summed E-state index contributed by atoms with van der Waals surface area (Å²) >= 11 is 1.31. The molecule has 0 bridgehead atoms. The van der Waals surface area contributed by atoms with Crippen LogP contribution >= 0.6 is 11.8 Å². The number of carbonyl (C=O) groups is 2. The second kappa shape index (κ2) is 7.74. The lowest BCUT2D eigenvalue weighted by Crippen LogP contribution is -2.19. The predicted molar refractivity (Wildman–Crippen MR) is 104 cm³/mol. The monoisotopic (exact) mass is 368 g/mol. The van der Waals surface area contributed by atoms with Gasteiger partial charge in [0, 0.05) is 0 Å². The zero-order chi connectivity index (χ0) is 18.7. The van der Waals surface area contributed by atoms with Gasteiger partial charge in [-0.1, -0.05) is 24.3 Å². The van der Waals surface area contributed by atoms with Crippen molar-refractivity contribution in [2.24, 2.45) is 10.9 Å². The fourth-order valence-electron chi connectivity index (χ4n) is 2.61. The van der Waals surface area contributed by atoms with Gasteiger partial charge in [0.15, 0.2) is 5.17 Å². The van der Waals surface area contributed by atoms with Crippen molar-refractivity contribution in [1.29, 1.82) is 0 Å². The van der Waals surface area contributed by atoms with E-state index in [2.05, 4.69) is 17.2 Å². The topological polar surface area (TPSA) is 67.8 Å². The van der Waals surface area contributed by atoms with E-state index in [1.807, 2.05) is 43.4 Å². The standard InChI is InChI=1S/C20H20N2O3S/c1-12-4-9-16(10-13(12)2)21-20-22-18(23)17(26-20)11-14-5-7-15(8-6-14)19(24)25-3/h4-7,9-11,15H,8H2,1-3H3,(H,21,22,23)/b17-11-. The molecule has 1 aliphatic carbocycles. The number of hydrogen-bond acceptors (Lipinski definition) is 5. The van der Waals surface area contributed by atoms with Crippen molar-refractivity contribution in [2.75, 3.05) is 7.11 Å². The number of nitrogens with zero attached hydrogens (tertiary/aromatic N) is 1. The number of amides is 1. The van der Waals surface area contributed by atoms with Crippen molar-refractivity contribution < 1.29 is 14.3 Å². The highest BCUT2D eigenvalue weighted by Crippen LogP contribution is 2.29. The maximum atomic E-state index is 12.2. The van der Waals surface area contributed by atoms with Crippen molar-refractivity contribution in [1.82, 2.24) is 5.32 Å². The molecule has 1 aromatic rings. The molecule has 0 saturated carbocycles. The van der Waals surface area contributed by atoms with Gasteiger partial charge in [-0.2, -0.15) is 0 Å². The number of methoxy groups -OCH3 is 1. The van der Waals surface area contributed by atoms with E-state index in [0.717, 1.165) is 16.8 Å². The van der Waals surface area contributed by atoms with Gasteiger partial charge in [0.1, 0.15) is 0 Å². The van der Waals surface area contributed by atoms with Gasteiger partial charge in [0.05, 0.1) is 23.6 Å². The van der Waals surface area contributed by atoms with Gasteiger partial charge in [0.2, 0.25) is 0 Å². The molecule has 6 heteroatoms. The summed E-state index contributed by atoms with van der Waals surface area (Å²) in [6.07, 6.45) is 7.95. The second-order valence-corrected chi connectivity index (χ2v) is 7.21. The Morgan fingerprint density at radius 2 is 2.15 bits per heavy atom. The number of ether oxygens (including phenoxy) is 1. The third kappa shape index (κ3) is 4.14. The number of aliphatic imine (C=N–C) groups is 1. The first-order valence-electron chi connectivity index (χ1n) is 8.29. The molecule has 0 radical (unpaired) electrons. The Bertz CT molecular complexity index is 881. The molecule has 1 aliphatic heterocycles. The average molecular weight is 368 g/mol. The Kier molecular flexibility index (Phi) is 5.42. The average Bonchev–Trinajstić information content (AvgIpc) is 2.97. The molecule has 134 valence electrons. The number of allylic oxidation sites excluding steroid dienone is 4. The molecule has 1 saturated heterocycles. The molecule has 1 amide bonds. The lowest BCUT2D eigenvalue weighted by atomic mass is 9.96. The van der Waals surface area contributed by atoms with Crippen LogP contribution < -0.4 is 5.32 Å². The van der Waals surface area contributed by atoms with E-state index >= 15 is 0 Å². The fraction of sp³-hybridized carbons (Fsp3) is 0.250. The first-order valence-corrected chi connectivity index (χ1v) is 9.11. The number of nitrogens with one attached hydrogen (secondary N) is 1. The maximum Gasteiger partial charge on any atom is 0.312 e. The summed E-state index contributed by atoms with van der Waals surface area (Å²) in [5.41, 5.74) is 4.08. The Labute approximate surface area is 156 Å². The van der Waals surface area contributed by atoms with Gasteiger partial charge in [-0.3, -0.25) is 9.59 Å². The third-order valence-corrected chi connectivity index (χ3v) is 5.21. The molecular weight excluding hydrogens is 348 g/mol. The van der Waals surface area contributed by atoms with E-state index in [9.17, 15) is 9.59 Å². The van der Waals surface area contributed by atoms with Crippen LogP contribution in [-0.2, 0) is 14.3 Å². The second-order valence-electron chi connectivity index (χ2n) is 6.18. The predicted octanol–water partition coefficient (Wildman–Crippen LogP) is 3.71. The zero-order valence-electron chi connectivity index (χ0n) is 14.9. The number of aryl methyl sites for hydroxylation is 2. The summed E-state index contributed by atoms with van der Waals surface area (Å²) in [5, 5.41) is 3.36. The Morgan fingerprint density at radius 3 is 2.81 bits per heavy atom. The number of carbonyl (C=O) groups excluding carboxylic acids is 2. The largest absolute Gasteiger partial charge is 0.469 e. The van der Waals surface area contributed by atoms with Gasteiger partial charge in [0.25, 0.3) is 5.91 Å². The minimum atomic E-state index is -0.255. The smallest absolute Gasteiger partial charge is 0.312 e. The molecule has 26 heavy (non-hydrogen) atoms. The van der Waals surface area contributed by atoms with Crippen molar-refractivity contribution in [3.63, 3.8) is 0 Å². The quantitative estimate of drug-likeness (QED) is 0.652. The van der Waals surface area contributed by atoms with E-state index in [4.69, 9.17) is 4.74 Å². The SMILES string of the molecule is COC(=O)C1C=CC(/C=C2\SC(=Nc3ccc(C)c(C)c3)NC2=O)=CC1. The lowest BCUT2D eigenvalue weighted by Gasteiger charge is -2.12. The summed E-state index contributed by atoms with van der Waals surface area (Å²) in [6, 6.07) is 5.95. The van der Waals surface area contributed by atoms with Crippen molar-refractivity contribution in [3.8, 4) is 0 Å². The van der Waals surface area contributed by atoms with Crippen molar-refractivity contribution >= 4 is 34.5 Å². The number of thioether (sulfide) groups is 1. The minimum absolute atomic E-state index is 0.165. The van der Waals surface area contributed by atoms with Crippen LogP contribution in [0.2, 0.25) is 0 Å². The summed E-state index contributed by atoms with van der Waals surface area (Å²) in [4.78, 5) is 28.8. The third-order valence-electron chi connectivity index (χ3n) is 4.30. The van der Waals surface area contributed by atoms with Crippen LogP contribution in [0.5, 0.6) is 0 Å². The highest BCUT2D eigenvalue weighted by molar-refractivity contribution is 8.18. The molecule has 1 aromatic carbocycles. The minimum Gasteiger partial charge on any atom is -0.469 e. The summed E-state index contributed by atoms with van der Waals surface area (Å²) < 4.78 is 4.74. The van der Waals surface area contributed by atoms with Crippen LogP contribution in [0.25, 0.3) is 0 Å². The number of rotatable bonds is 3. The van der Waals surface area contributed by atoms with E-state index in [-0.39, 0.29) is 17.8 Å². The molecule has 1 fully saturated rings.